The zero-order chi connectivity index (χ0) is 21.9. The van der Waals surface area contributed by atoms with E-state index in [1.165, 1.54) is 16.5 Å². The number of benzene rings is 2. The van der Waals surface area contributed by atoms with Crippen LogP contribution >= 0.6 is 0 Å². The van der Waals surface area contributed by atoms with E-state index in [1.54, 1.807) is 0 Å². The number of likely N-dealkylation sites (N-methyl/N-ethyl adjacent to an activating group) is 1. The van der Waals surface area contributed by atoms with Gasteiger partial charge in [-0.15, -0.1) is 0 Å². The van der Waals surface area contributed by atoms with Gasteiger partial charge in [-0.2, -0.15) is 0 Å². The fraction of sp³-hybridized carbons (Fsp3) is 0.296. The molecular weight excluding hydrogens is 396 g/mol. The lowest BCUT2D eigenvalue weighted by Crippen LogP contribution is -2.44. The van der Waals surface area contributed by atoms with E-state index < -0.39 is 0 Å². The van der Waals surface area contributed by atoms with Gasteiger partial charge in [0.1, 0.15) is 18.1 Å². The number of ether oxygens (including phenoxy) is 1. The van der Waals surface area contributed by atoms with Crippen LogP contribution in [-0.4, -0.2) is 54.3 Å². The molecule has 0 amide bonds. The van der Waals surface area contributed by atoms with E-state index in [9.17, 15) is 0 Å². The van der Waals surface area contributed by atoms with Crippen molar-refractivity contribution in [3.05, 3.63) is 71.9 Å². The van der Waals surface area contributed by atoms with E-state index in [-0.39, 0.29) is 0 Å². The van der Waals surface area contributed by atoms with E-state index in [4.69, 9.17) is 9.72 Å². The van der Waals surface area contributed by atoms with Crippen LogP contribution in [-0.2, 0) is 11.5 Å². The van der Waals surface area contributed by atoms with E-state index in [0.717, 1.165) is 48.6 Å². The van der Waals surface area contributed by atoms with Crippen molar-refractivity contribution in [1.82, 2.24) is 14.5 Å². The van der Waals surface area contributed by atoms with Crippen LogP contribution < -0.4 is 4.90 Å². The Morgan fingerprint density at radius 2 is 1.69 bits per heavy atom. The van der Waals surface area contributed by atoms with Gasteiger partial charge in [0.2, 0.25) is 0 Å². The third-order valence-corrected chi connectivity index (χ3v) is 6.08. The van der Waals surface area contributed by atoms with Crippen LogP contribution in [0.1, 0.15) is 18.2 Å². The highest BCUT2D eigenvalue weighted by atomic mass is 16.5. The Morgan fingerprint density at radius 3 is 2.47 bits per heavy atom. The number of aromatic nitrogens is 2. The lowest BCUT2D eigenvalue weighted by atomic mass is 10.1. The van der Waals surface area contributed by atoms with Crippen molar-refractivity contribution in [2.24, 2.45) is 0 Å². The fourth-order valence-electron chi connectivity index (χ4n) is 4.34. The molecule has 3 heterocycles. The van der Waals surface area contributed by atoms with Crippen LogP contribution in [0.5, 0.6) is 0 Å². The summed E-state index contributed by atoms with van der Waals surface area (Å²) < 4.78 is 8.01. The van der Waals surface area contributed by atoms with E-state index in [1.807, 2.05) is 37.3 Å². The third kappa shape index (κ3) is 3.95. The summed E-state index contributed by atoms with van der Waals surface area (Å²) in [6.45, 7) is 7.24. The number of piperazine rings is 1. The summed E-state index contributed by atoms with van der Waals surface area (Å²) in [6.07, 6.45) is 0. The molecule has 0 radical (unpaired) electrons. The van der Waals surface area contributed by atoms with E-state index in [0.29, 0.717) is 13.3 Å². The van der Waals surface area contributed by atoms with Crippen molar-refractivity contribution < 1.29 is 4.74 Å². The number of nitrogens with zero attached hydrogens (tertiary/aromatic N) is 4. The first-order valence-corrected chi connectivity index (χ1v) is 11.2. The zero-order valence-corrected chi connectivity index (χ0v) is 18.7. The molecule has 0 aliphatic carbocycles. The van der Waals surface area contributed by atoms with Crippen molar-refractivity contribution >= 4 is 27.6 Å². The van der Waals surface area contributed by atoms with Crippen LogP contribution in [0.4, 0.5) is 5.69 Å². The molecule has 1 saturated heterocycles. The van der Waals surface area contributed by atoms with E-state index in [2.05, 4.69) is 63.6 Å². The molecule has 2 aromatic carbocycles. The summed E-state index contributed by atoms with van der Waals surface area (Å²) in [5, 5.41) is 2.40. The molecule has 4 aromatic rings. The SMILES string of the molecule is CCOCn1c2ccccc2c2c(N3CCN(C)CC3)cc(C#Cc3ccccc3)nc21. The first-order chi connectivity index (χ1) is 15.7. The van der Waals surface area contributed by atoms with Crippen molar-refractivity contribution in [3.63, 3.8) is 0 Å². The van der Waals surface area contributed by atoms with Crippen molar-refractivity contribution in [1.29, 1.82) is 0 Å². The second-order valence-corrected chi connectivity index (χ2v) is 8.20. The minimum absolute atomic E-state index is 0.477. The predicted molar refractivity (Wildman–Crippen MR) is 131 cm³/mol. The quantitative estimate of drug-likeness (QED) is 0.457. The number of fused-ring (bicyclic) bond motifs is 3. The number of hydrogen-bond donors (Lipinski definition) is 0. The van der Waals surface area contributed by atoms with Crippen molar-refractivity contribution in [2.45, 2.75) is 13.7 Å². The molecule has 0 spiro atoms. The number of pyridine rings is 1. The highest BCUT2D eigenvalue weighted by molar-refractivity contribution is 6.13. The zero-order valence-electron chi connectivity index (χ0n) is 18.7. The summed E-state index contributed by atoms with van der Waals surface area (Å²) in [6, 6.07) is 20.8. The Bertz CT molecular complexity index is 1290. The molecule has 0 atom stereocenters. The molecule has 0 unspecified atom stereocenters. The smallest absolute Gasteiger partial charge is 0.146 e. The fourth-order valence-corrected chi connectivity index (χ4v) is 4.34. The molecule has 0 bridgehead atoms. The molecule has 162 valence electrons. The lowest BCUT2D eigenvalue weighted by Gasteiger charge is -2.34. The monoisotopic (exact) mass is 424 g/mol. The van der Waals surface area contributed by atoms with Gasteiger partial charge >= 0.3 is 0 Å². The highest BCUT2D eigenvalue weighted by Crippen LogP contribution is 2.36. The van der Waals surface area contributed by atoms with E-state index >= 15 is 0 Å². The number of rotatable bonds is 4. The molecule has 1 fully saturated rings. The summed E-state index contributed by atoms with van der Waals surface area (Å²) in [4.78, 5) is 9.88. The second kappa shape index (κ2) is 9.04. The van der Waals surface area contributed by atoms with Gasteiger partial charge in [-0.3, -0.25) is 0 Å². The molecular formula is C27H28N4O. The van der Waals surface area contributed by atoms with Crippen LogP contribution in [0.2, 0.25) is 0 Å². The largest absolute Gasteiger partial charge is 0.368 e. The molecule has 0 saturated carbocycles. The number of anilines is 1. The Kier molecular flexibility index (Phi) is 5.81. The Balaban J connectivity index is 1.72. The molecule has 5 rings (SSSR count). The van der Waals surface area contributed by atoms with Crippen LogP contribution in [0, 0.1) is 11.8 Å². The minimum Gasteiger partial charge on any atom is -0.368 e. The van der Waals surface area contributed by atoms with Gasteiger partial charge in [-0.05, 0) is 44.2 Å². The minimum atomic E-state index is 0.477. The standard InChI is InChI=1S/C27H28N4O/c1-3-32-20-31-24-12-8-7-11-23(24)26-25(30-17-15-29(2)16-18-30)19-22(28-27(26)31)14-13-21-9-5-4-6-10-21/h4-12,19H,3,15-18,20H2,1-2H3. The molecule has 0 N–H and O–H groups in total. The topological polar surface area (TPSA) is 33.5 Å². The van der Waals surface area contributed by atoms with Gasteiger partial charge in [0.15, 0.2) is 0 Å². The van der Waals surface area contributed by atoms with Gasteiger partial charge in [0, 0.05) is 43.7 Å². The summed E-state index contributed by atoms with van der Waals surface area (Å²) in [5.74, 6) is 6.60. The van der Waals surface area contributed by atoms with Gasteiger partial charge in [0.05, 0.1) is 16.6 Å². The second-order valence-electron chi connectivity index (χ2n) is 8.20. The van der Waals surface area contributed by atoms with Crippen molar-refractivity contribution in [2.75, 3.05) is 44.7 Å². The molecule has 2 aromatic heterocycles. The highest BCUT2D eigenvalue weighted by Gasteiger charge is 2.22. The molecule has 1 aliphatic rings. The summed E-state index contributed by atoms with van der Waals surface area (Å²) in [7, 11) is 2.18. The molecule has 5 nitrogen and oxygen atoms in total. The third-order valence-electron chi connectivity index (χ3n) is 6.08. The van der Waals surface area contributed by atoms with Crippen LogP contribution in [0.3, 0.4) is 0 Å². The first-order valence-electron chi connectivity index (χ1n) is 11.2. The average molecular weight is 425 g/mol. The normalized spacial score (nSPS) is 14.6. The Labute approximate surface area is 189 Å². The van der Waals surface area contributed by atoms with Crippen molar-refractivity contribution in [3.8, 4) is 11.8 Å². The number of para-hydroxylation sites is 1. The maximum atomic E-state index is 5.83. The number of hydrogen-bond acceptors (Lipinski definition) is 4. The maximum absolute atomic E-state index is 5.83. The molecule has 5 heteroatoms. The lowest BCUT2D eigenvalue weighted by molar-refractivity contribution is 0.0932. The Morgan fingerprint density at radius 1 is 0.938 bits per heavy atom. The summed E-state index contributed by atoms with van der Waals surface area (Å²) >= 11 is 0. The van der Waals surface area contributed by atoms with Gasteiger partial charge in [-0.25, -0.2) is 4.98 Å². The first kappa shape index (κ1) is 20.6. The van der Waals surface area contributed by atoms with Gasteiger partial charge in [-0.1, -0.05) is 42.3 Å². The van der Waals surface area contributed by atoms with Gasteiger partial charge in [0.25, 0.3) is 0 Å². The summed E-state index contributed by atoms with van der Waals surface area (Å²) in [5.41, 5.74) is 5.08. The molecule has 32 heavy (non-hydrogen) atoms. The maximum Gasteiger partial charge on any atom is 0.146 e. The average Bonchev–Trinajstić information content (AvgIpc) is 3.15. The molecule has 1 aliphatic heterocycles. The van der Waals surface area contributed by atoms with Crippen LogP contribution in [0.25, 0.3) is 21.9 Å². The van der Waals surface area contributed by atoms with Gasteiger partial charge < -0.3 is 19.1 Å². The van der Waals surface area contributed by atoms with Crippen LogP contribution in [0.15, 0.2) is 60.7 Å². The predicted octanol–water partition coefficient (Wildman–Crippen LogP) is 4.34. The Hall–Kier alpha value is -3.33.